The van der Waals surface area contributed by atoms with Crippen molar-refractivity contribution < 1.29 is 4.79 Å². The number of anilines is 1. The van der Waals surface area contributed by atoms with Crippen molar-refractivity contribution in [1.29, 1.82) is 0 Å². The third kappa shape index (κ3) is 4.15. The molecule has 0 atom stereocenters. The van der Waals surface area contributed by atoms with Crippen LogP contribution in [-0.4, -0.2) is 10.9 Å². The smallest absolute Gasteiger partial charge is 0.255 e. The van der Waals surface area contributed by atoms with Gasteiger partial charge in [0, 0.05) is 21.8 Å². The molecule has 1 N–H and O–H groups in total. The summed E-state index contributed by atoms with van der Waals surface area (Å²) in [7, 11) is 0. The average Bonchev–Trinajstić information content (AvgIpc) is 2.64. The zero-order valence-electron chi connectivity index (χ0n) is 14.2. The molecule has 1 heterocycles. The number of nitrogens with one attached hydrogen (secondary N) is 1. The Morgan fingerprint density at radius 2 is 1.84 bits per heavy atom. The van der Waals surface area contributed by atoms with Gasteiger partial charge in [0.1, 0.15) is 0 Å². The first-order chi connectivity index (χ1) is 12.1. The second-order valence-corrected chi connectivity index (χ2v) is 6.77. The van der Waals surface area contributed by atoms with Crippen LogP contribution in [0.15, 0.2) is 65.3 Å². The molecule has 1 aromatic heterocycles. The Morgan fingerprint density at radius 3 is 2.44 bits per heavy atom. The van der Waals surface area contributed by atoms with E-state index in [1.165, 1.54) is 5.56 Å². The van der Waals surface area contributed by atoms with E-state index in [9.17, 15) is 4.79 Å². The molecule has 0 fully saturated rings. The van der Waals surface area contributed by atoms with Gasteiger partial charge < -0.3 is 5.32 Å². The Morgan fingerprint density at radius 1 is 1.08 bits per heavy atom. The van der Waals surface area contributed by atoms with Gasteiger partial charge in [0.05, 0.1) is 11.4 Å². The van der Waals surface area contributed by atoms with Gasteiger partial charge in [-0.2, -0.15) is 0 Å². The maximum Gasteiger partial charge on any atom is 0.255 e. The van der Waals surface area contributed by atoms with Gasteiger partial charge in [-0.1, -0.05) is 31.2 Å². The lowest BCUT2D eigenvalue weighted by molar-refractivity contribution is 0.102. The number of aromatic nitrogens is 1. The lowest BCUT2D eigenvalue weighted by Crippen LogP contribution is -2.12. The molecular weight excluding hydrogens is 376 g/mol. The number of pyridine rings is 1. The van der Waals surface area contributed by atoms with Crippen LogP contribution in [0.1, 0.15) is 28.4 Å². The van der Waals surface area contributed by atoms with Gasteiger partial charge in [0.25, 0.3) is 5.91 Å². The van der Waals surface area contributed by atoms with Crippen molar-refractivity contribution in [3.63, 3.8) is 0 Å². The molecule has 0 aliphatic rings. The molecule has 0 unspecified atom stereocenters. The zero-order chi connectivity index (χ0) is 17.8. The largest absolute Gasteiger partial charge is 0.321 e. The van der Waals surface area contributed by atoms with E-state index in [1.54, 1.807) is 0 Å². The molecule has 0 saturated heterocycles. The molecule has 0 aliphatic heterocycles. The van der Waals surface area contributed by atoms with Crippen molar-refractivity contribution in [3.05, 3.63) is 82.0 Å². The summed E-state index contributed by atoms with van der Waals surface area (Å²) in [6.07, 6.45) is 2.87. The van der Waals surface area contributed by atoms with Gasteiger partial charge >= 0.3 is 0 Å². The number of amides is 1. The molecule has 3 aromatic rings. The van der Waals surface area contributed by atoms with E-state index in [2.05, 4.69) is 39.2 Å². The molecule has 2 aromatic carbocycles. The van der Waals surface area contributed by atoms with Crippen LogP contribution in [0.4, 0.5) is 5.69 Å². The number of nitrogens with zero attached hydrogens (tertiary/aromatic N) is 1. The van der Waals surface area contributed by atoms with E-state index >= 15 is 0 Å². The molecule has 4 heteroatoms. The number of carbonyl (C=O) groups is 1. The van der Waals surface area contributed by atoms with Crippen LogP contribution in [0.2, 0.25) is 0 Å². The Balaban J connectivity index is 1.75. The lowest BCUT2D eigenvalue weighted by Gasteiger charge is -2.09. The molecule has 0 radical (unpaired) electrons. The summed E-state index contributed by atoms with van der Waals surface area (Å²) >= 11 is 3.48. The van der Waals surface area contributed by atoms with E-state index in [0.717, 1.165) is 33.4 Å². The second kappa shape index (κ2) is 7.62. The standard InChI is InChI=1S/C21H19BrN2O/c1-3-15-5-11-19(23-13-15)16-6-8-17(9-7-16)21(25)24-20-10-4-14(2)12-18(20)22/h4-13H,3H2,1-2H3,(H,24,25). The summed E-state index contributed by atoms with van der Waals surface area (Å²) in [5.74, 6) is -0.134. The van der Waals surface area contributed by atoms with Gasteiger partial charge in [-0.3, -0.25) is 9.78 Å². The summed E-state index contributed by atoms with van der Waals surface area (Å²) in [4.78, 5) is 16.9. The molecular formula is C21H19BrN2O. The normalized spacial score (nSPS) is 10.5. The highest BCUT2D eigenvalue weighted by atomic mass is 79.9. The number of benzene rings is 2. The summed E-state index contributed by atoms with van der Waals surface area (Å²) in [5.41, 5.74) is 5.62. The number of aryl methyl sites for hydroxylation is 2. The predicted molar refractivity (Wildman–Crippen MR) is 106 cm³/mol. The van der Waals surface area contributed by atoms with E-state index in [4.69, 9.17) is 0 Å². The van der Waals surface area contributed by atoms with E-state index in [0.29, 0.717) is 5.56 Å². The lowest BCUT2D eigenvalue weighted by atomic mass is 10.1. The quantitative estimate of drug-likeness (QED) is 0.622. The van der Waals surface area contributed by atoms with Crippen LogP contribution in [0.5, 0.6) is 0 Å². The minimum atomic E-state index is -0.134. The van der Waals surface area contributed by atoms with Gasteiger partial charge in [0.15, 0.2) is 0 Å². The summed E-state index contributed by atoms with van der Waals surface area (Å²) in [6.45, 7) is 4.12. The first kappa shape index (κ1) is 17.4. The highest BCUT2D eigenvalue weighted by molar-refractivity contribution is 9.10. The summed E-state index contributed by atoms with van der Waals surface area (Å²) in [5, 5.41) is 2.93. The number of rotatable bonds is 4. The Kier molecular flexibility index (Phi) is 5.29. The SMILES string of the molecule is CCc1ccc(-c2ccc(C(=O)Nc3ccc(C)cc3Br)cc2)nc1. The fraction of sp³-hybridized carbons (Fsp3) is 0.143. The van der Waals surface area contributed by atoms with Crippen molar-refractivity contribution in [3.8, 4) is 11.3 Å². The van der Waals surface area contributed by atoms with Crippen molar-refractivity contribution in [1.82, 2.24) is 4.98 Å². The van der Waals surface area contributed by atoms with Crippen LogP contribution in [-0.2, 0) is 6.42 Å². The Labute approximate surface area is 156 Å². The van der Waals surface area contributed by atoms with Crippen molar-refractivity contribution in [2.24, 2.45) is 0 Å². The van der Waals surface area contributed by atoms with Crippen molar-refractivity contribution in [2.75, 3.05) is 5.32 Å². The third-order valence-corrected chi connectivity index (χ3v) is 4.70. The second-order valence-electron chi connectivity index (χ2n) is 5.92. The zero-order valence-corrected chi connectivity index (χ0v) is 15.8. The van der Waals surface area contributed by atoms with Crippen LogP contribution < -0.4 is 5.32 Å². The highest BCUT2D eigenvalue weighted by Gasteiger charge is 2.09. The van der Waals surface area contributed by atoms with E-state index in [1.807, 2.05) is 61.7 Å². The Bertz CT molecular complexity index is 887. The molecule has 0 aliphatic carbocycles. The minimum Gasteiger partial charge on any atom is -0.321 e. The monoisotopic (exact) mass is 394 g/mol. The number of hydrogen-bond donors (Lipinski definition) is 1. The molecule has 25 heavy (non-hydrogen) atoms. The molecule has 0 spiro atoms. The number of halogens is 1. The maximum atomic E-state index is 12.4. The number of hydrogen-bond acceptors (Lipinski definition) is 2. The molecule has 1 amide bonds. The minimum absolute atomic E-state index is 0.134. The molecule has 0 bridgehead atoms. The average molecular weight is 395 g/mol. The number of carbonyl (C=O) groups excluding carboxylic acids is 1. The van der Waals surface area contributed by atoms with Crippen molar-refractivity contribution in [2.45, 2.75) is 20.3 Å². The van der Waals surface area contributed by atoms with E-state index < -0.39 is 0 Å². The van der Waals surface area contributed by atoms with Gasteiger partial charge in [-0.15, -0.1) is 0 Å². The maximum absolute atomic E-state index is 12.4. The van der Waals surface area contributed by atoms with Crippen molar-refractivity contribution >= 4 is 27.5 Å². The van der Waals surface area contributed by atoms with Crippen LogP contribution in [0.25, 0.3) is 11.3 Å². The first-order valence-corrected chi connectivity index (χ1v) is 8.99. The molecule has 126 valence electrons. The van der Waals surface area contributed by atoms with Crippen LogP contribution >= 0.6 is 15.9 Å². The first-order valence-electron chi connectivity index (χ1n) is 8.19. The van der Waals surface area contributed by atoms with Crippen LogP contribution in [0, 0.1) is 6.92 Å². The summed E-state index contributed by atoms with van der Waals surface area (Å²) < 4.78 is 0.873. The van der Waals surface area contributed by atoms with Gasteiger partial charge in [-0.05, 0) is 70.7 Å². The predicted octanol–water partition coefficient (Wildman–Crippen LogP) is 5.63. The molecule has 3 rings (SSSR count). The fourth-order valence-corrected chi connectivity index (χ4v) is 3.11. The fourth-order valence-electron chi connectivity index (χ4n) is 2.51. The third-order valence-electron chi connectivity index (χ3n) is 4.05. The molecule has 0 saturated carbocycles. The highest BCUT2D eigenvalue weighted by Crippen LogP contribution is 2.24. The van der Waals surface area contributed by atoms with Gasteiger partial charge in [0.2, 0.25) is 0 Å². The molecule has 3 nitrogen and oxygen atoms in total. The summed E-state index contributed by atoms with van der Waals surface area (Å²) in [6, 6.07) is 17.4. The van der Waals surface area contributed by atoms with Gasteiger partial charge in [-0.25, -0.2) is 0 Å². The van der Waals surface area contributed by atoms with E-state index in [-0.39, 0.29) is 5.91 Å². The topological polar surface area (TPSA) is 42.0 Å². The Hall–Kier alpha value is -2.46. The van der Waals surface area contributed by atoms with Crippen LogP contribution in [0.3, 0.4) is 0 Å².